The number of piperidine rings is 1. The van der Waals surface area contributed by atoms with Crippen LogP contribution in [0.15, 0.2) is 18.2 Å². The van der Waals surface area contributed by atoms with Gasteiger partial charge < -0.3 is 15.3 Å². The molecule has 21 heavy (non-hydrogen) atoms. The van der Waals surface area contributed by atoms with Crippen molar-refractivity contribution in [3.63, 3.8) is 0 Å². The smallest absolute Gasteiger partial charge is 0.0460 e. The Morgan fingerprint density at radius 2 is 2.00 bits per heavy atom. The molecule has 1 aliphatic heterocycles. The fraction of sp³-hybridized carbons (Fsp3) is 0.667. The number of hydrogen-bond donors (Lipinski definition) is 2. The van der Waals surface area contributed by atoms with Crippen LogP contribution in [0.5, 0.6) is 0 Å². The number of aliphatic hydroxyl groups is 1. The molecular formula is C18H30N2O. The first-order valence-corrected chi connectivity index (χ1v) is 8.26. The van der Waals surface area contributed by atoms with Gasteiger partial charge in [-0.3, -0.25) is 0 Å². The molecule has 0 amide bonds. The van der Waals surface area contributed by atoms with Gasteiger partial charge in [-0.1, -0.05) is 26.0 Å². The van der Waals surface area contributed by atoms with E-state index in [0.717, 1.165) is 39.0 Å². The van der Waals surface area contributed by atoms with Crippen LogP contribution < -0.4 is 10.2 Å². The molecule has 0 radical (unpaired) electrons. The Kier molecular flexibility index (Phi) is 6.07. The molecule has 0 aromatic heterocycles. The quantitative estimate of drug-likeness (QED) is 0.845. The van der Waals surface area contributed by atoms with Gasteiger partial charge in [0.25, 0.3) is 0 Å². The summed E-state index contributed by atoms with van der Waals surface area (Å²) in [5, 5.41) is 12.7. The van der Waals surface area contributed by atoms with Crippen LogP contribution in [0.4, 0.5) is 5.69 Å². The van der Waals surface area contributed by atoms with Gasteiger partial charge in [0.1, 0.15) is 0 Å². The van der Waals surface area contributed by atoms with Crippen molar-refractivity contribution in [3.05, 3.63) is 29.3 Å². The summed E-state index contributed by atoms with van der Waals surface area (Å²) in [7, 11) is 0. The monoisotopic (exact) mass is 290 g/mol. The second kappa shape index (κ2) is 7.81. The number of aliphatic hydroxyl groups excluding tert-OH is 1. The van der Waals surface area contributed by atoms with Gasteiger partial charge in [-0.15, -0.1) is 0 Å². The fourth-order valence-electron chi connectivity index (χ4n) is 3.04. The Morgan fingerprint density at radius 1 is 1.29 bits per heavy atom. The normalized spacial score (nSPS) is 16.7. The SMILES string of the molecule is Cc1cc(CNCC(C)C)ccc1N1CCC(CO)CC1. The van der Waals surface area contributed by atoms with Crippen molar-refractivity contribution in [1.29, 1.82) is 0 Å². The Morgan fingerprint density at radius 3 is 2.57 bits per heavy atom. The van der Waals surface area contributed by atoms with Crippen LogP contribution in [-0.2, 0) is 6.54 Å². The zero-order valence-electron chi connectivity index (χ0n) is 13.7. The summed E-state index contributed by atoms with van der Waals surface area (Å²) in [5.74, 6) is 1.19. The van der Waals surface area contributed by atoms with Crippen LogP contribution in [0.3, 0.4) is 0 Å². The van der Waals surface area contributed by atoms with Crippen LogP contribution in [0, 0.1) is 18.8 Å². The van der Waals surface area contributed by atoms with E-state index in [9.17, 15) is 5.11 Å². The van der Waals surface area contributed by atoms with E-state index in [1.165, 1.54) is 16.8 Å². The van der Waals surface area contributed by atoms with E-state index in [1.54, 1.807) is 0 Å². The largest absolute Gasteiger partial charge is 0.396 e. The lowest BCUT2D eigenvalue weighted by molar-refractivity contribution is 0.203. The number of hydrogen-bond acceptors (Lipinski definition) is 3. The van der Waals surface area contributed by atoms with Crippen molar-refractivity contribution in [2.45, 2.75) is 40.2 Å². The Labute approximate surface area is 129 Å². The number of aryl methyl sites for hydroxylation is 1. The second-order valence-electron chi connectivity index (χ2n) is 6.76. The molecule has 0 aliphatic carbocycles. The van der Waals surface area contributed by atoms with E-state index in [1.807, 2.05) is 0 Å². The summed E-state index contributed by atoms with van der Waals surface area (Å²) in [4.78, 5) is 2.47. The molecule has 1 fully saturated rings. The van der Waals surface area contributed by atoms with Gasteiger partial charge in [0.15, 0.2) is 0 Å². The molecule has 1 aromatic carbocycles. The number of benzene rings is 1. The van der Waals surface area contributed by atoms with Gasteiger partial charge in [-0.2, -0.15) is 0 Å². The molecular weight excluding hydrogens is 260 g/mol. The van der Waals surface area contributed by atoms with Crippen LogP contribution in [0.1, 0.15) is 37.8 Å². The van der Waals surface area contributed by atoms with Crippen LogP contribution >= 0.6 is 0 Å². The molecule has 3 nitrogen and oxygen atoms in total. The molecule has 1 aromatic rings. The van der Waals surface area contributed by atoms with E-state index in [4.69, 9.17) is 0 Å². The predicted molar refractivity (Wildman–Crippen MR) is 89.7 cm³/mol. The van der Waals surface area contributed by atoms with Gasteiger partial charge in [-0.25, -0.2) is 0 Å². The lowest BCUT2D eigenvalue weighted by atomic mass is 9.96. The van der Waals surface area contributed by atoms with Crippen molar-refractivity contribution in [1.82, 2.24) is 5.32 Å². The summed E-state index contributed by atoms with van der Waals surface area (Å²) in [6, 6.07) is 6.82. The van der Waals surface area contributed by atoms with Crippen molar-refractivity contribution < 1.29 is 5.11 Å². The van der Waals surface area contributed by atoms with Gasteiger partial charge in [0.05, 0.1) is 0 Å². The summed E-state index contributed by atoms with van der Waals surface area (Å²) in [6.45, 7) is 11.2. The van der Waals surface area contributed by atoms with Crippen molar-refractivity contribution >= 4 is 5.69 Å². The zero-order valence-corrected chi connectivity index (χ0v) is 13.7. The van der Waals surface area contributed by atoms with Gasteiger partial charge in [0.2, 0.25) is 0 Å². The molecule has 3 heteroatoms. The lowest BCUT2D eigenvalue weighted by Gasteiger charge is -2.34. The third-order valence-corrected chi connectivity index (χ3v) is 4.36. The van der Waals surface area contributed by atoms with Gasteiger partial charge in [0, 0.05) is 31.9 Å². The van der Waals surface area contributed by atoms with Crippen LogP contribution in [-0.4, -0.2) is 31.3 Å². The van der Waals surface area contributed by atoms with E-state index in [-0.39, 0.29) is 0 Å². The molecule has 0 bridgehead atoms. The maximum absolute atomic E-state index is 9.23. The molecule has 1 saturated heterocycles. The number of rotatable bonds is 6. The van der Waals surface area contributed by atoms with E-state index < -0.39 is 0 Å². The Bertz CT molecular complexity index is 437. The summed E-state index contributed by atoms with van der Waals surface area (Å²) in [5.41, 5.74) is 4.09. The highest BCUT2D eigenvalue weighted by molar-refractivity contribution is 5.54. The average Bonchev–Trinajstić information content (AvgIpc) is 2.47. The third kappa shape index (κ3) is 4.72. The van der Waals surface area contributed by atoms with Gasteiger partial charge in [-0.05, 0) is 55.3 Å². The average molecular weight is 290 g/mol. The topological polar surface area (TPSA) is 35.5 Å². The molecule has 0 unspecified atom stereocenters. The second-order valence-corrected chi connectivity index (χ2v) is 6.76. The minimum atomic E-state index is 0.341. The number of anilines is 1. The fourth-order valence-corrected chi connectivity index (χ4v) is 3.04. The lowest BCUT2D eigenvalue weighted by Crippen LogP contribution is -2.35. The molecule has 118 valence electrons. The summed E-state index contributed by atoms with van der Waals surface area (Å²) < 4.78 is 0. The molecule has 1 heterocycles. The third-order valence-electron chi connectivity index (χ3n) is 4.36. The van der Waals surface area contributed by atoms with E-state index in [0.29, 0.717) is 18.4 Å². The first-order valence-electron chi connectivity index (χ1n) is 8.26. The molecule has 0 saturated carbocycles. The summed E-state index contributed by atoms with van der Waals surface area (Å²) >= 11 is 0. The van der Waals surface area contributed by atoms with Crippen LogP contribution in [0.25, 0.3) is 0 Å². The first-order chi connectivity index (χ1) is 10.1. The van der Waals surface area contributed by atoms with Crippen molar-refractivity contribution in [2.75, 3.05) is 31.1 Å². The maximum atomic E-state index is 9.23. The highest BCUT2D eigenvalue weighted by atomic mass is 16.3. The Hall–Kier alpha value is -1.06. The molecule has 0 spiro atoms. The van der Waals surface area contributed by atoms with E-state index in [2.05, 4.69) is 49.2 Å². The summed E-state index contributed by atoms with van der Waals surface area (Å²) in [6.07, 6.45) is 2.21. The highest BCUT2D eigenvalue weighted by Crippen LogP contribution is 2.26. The molecule has 0 atom stereocenters. The minimum absolute atomic E-state index is 0.341. The number of nitrogens with zero attached hydrogens (tertiary/aromatic N) is 1. The molecule has 2 N–H and O–H groups in total. The minimum Gasteiger partial charge on any atom is -0.396 e. The van der Waals surface area contributed by atoms with Crippen LogP contribution in [0.2, 0.25) is 0 Å². The predicted octanol–water partition coefficient (Wildman–Crippen LogP) is 2.95. The molecule has 2 rings (SSSR count). The molecule has 1 aliphatic rings. The van der Waals surface area contributed by atoms with Crippen molar-refractivity contribution in [2.24, 2.45) is 11.8 Å². The zero-order chi connectivity index (χ0) is 15.2. The van der Waals surface area contributed by atoms with Crippen molar-refractivity contribution in [3.8, 4) is 0 Å². The number of nitrogens with one attached hydrogen (secondary N) is 1. The first kappa shape index (κ1) is 16.3. The highest BCUT2D eigenvalue weighted by Gasteiger charge is 2.19. The maximum Gasteiger partial charge on any atom is 0.0460 e. The van der Waals surface area contributed by atoms with E-state index >= 15 is 0 Å². The standard InChI is InChI=1S/C18H30N2O/c1-14(2)11-19-12-17-4-5-18(15(3)10-17)20-8-6-16(13-21)7-9-20/h4-5,10,14,16,19,21H,6-9,11-13H2,1-3H3. The Balaban J connectivity index is 1.93. The van der Waals surface area contributed by atoms with Gasteiger partial charge >= 0.3 is 0 Å².